The van der Waals surface area contributed by atoms with Crippen molar-refractivity contribution in [2.45, 2.75) is 0 Å². The summed E-state index contributed by atoms with van der Waals surface area (Å²) in [4.78, 5) is 10.1. The smallest absolute Gasteiger partial charge is 0.160 e. The molecule has 3 nitrogen and oxygen atoms in total. The quantitative estimate of drug-likeness (QED) is 0.186. The van der Waals surface area contributed by atoms with Gasteiger partial charge in [-0.15, -0.1) is 0 Å². The summed E-state index contributed by atoms with van der Waals surface area (Å²) in [5, 5.41) is 4.84. The molecule has 51 heavy (non-hydrogen) atoms. The third kappa shape index (κ3) is 5.15. The third-order valence-corrected chi connectivity index (χ3v) is 9.91. The van der Waals surface area contributed by atoms with Crippen LogP contribution in [0.4, 0.5) is 0 Å². The molecule has 1 aliphatic heterocycles. The molecule has 2 heterocycles. The van der Waals surface area contributed by atoms with Crippen LogP contribution >= 0.6 is 0 Å². The molecule has 0 unspecified atom stereocenters. The Morgan fingerprint density at radius 3 is 1.69 bits per heavy atom. The van der Waals surface area contributed by atoms with Crippen LogP contribution in [0.15, 0.2) is 182 Å². The van der Waals surface area contributed by atoms with Gasteiger partial charge in [-0.25, -0.2) is 9.97 Å². The second kappa shape index (κ2) is 11.9. The predicted octanol–water partition coefficient (Wildman–Crippen LogP) is 12.9. The van der Waals surface area contributed by atoms with E-state index < -0.39 is 0 Å². The van der Waals surface area contributed by atoms with E-state index in [1.165, 1.54) is 32.8 Å². The second-order valence-electron chi connectivity index (χ2n) is 13.0. The van der Waals surface area contributed by atoms with E-state index in [2.05, 4.69) is 158 Å². The van der Waals surface area contributed by atoms with E-state index in [0.29, 0.717) is 5.82 Å². The highest BCUT2D eigenvalue weighted by Crippen LogP contribution is 2.47. The zero-order valence-corrected chi connectivity index (χ0v) is 27.6. The maximum Gasteiger partial charge on any atom is 0.160 e. The summed E-state index contributed by atoms with van der Waals surface area (Å²) in [6.45, 7) is 0. The number of fused-ring (bicyclic) bond motifs is 3. The first kappa shape index (κ1) is 29.1. The molecule has 0 saturated carbocycles. The first-order chi connectivity index (χ1) is 25.2. The number of benzene rings is 8. The largest absolute Gasteiger partial charge is 0.456 e. The van der Waals surface area contributed by atoms with Crippen LogP contribution < -0.4 is 4.74 Å². The zero-order valence-electron chi connectivity index (χ0n) is 27.6. The van der Waals surface area contributed by atoms with Crippen molar-refractivity contribution in [2.24, 2.45) is 0 Å². The number of hydrogen-bond acceptors (Lipinski definition) is 3. The molecule has 0 saturated heterocycles. The van der Waals surface area contributed by atoms with Crippen molar-refractivity contribution < 1.29 is 4.74 Å². The summed E-state index contributed by atoms with van der Waals surface area (Å²) in [6.07, 6.45) is 0. The fourth-order valence-corrected chi connectivity index (χ4v) is 7.33. The summed E-state index contributed by atoms with van der Waals surface area (Å²) >= 11 is 0. The van der Waals surface area contributed by atoms with Crippen LogP contribution in [-0.2, 0) is 0 Å². The van der Waals surface area contributed by atoms with Gasteiger partial charge in [0, 0.05) is 27.6 Å². The fraction of sp³-hybridized carbons (Fsp3) is 0. The van der Waals surface area contributed by atoms with Gasteiger partial charge in [0.15, 0.2) is 5.82 Å². The third-order valence-electron chi connectivity index (χ3n) is 9.91. The lowest BCUT2D eigenvalue weighted by Crippen LogP contribution is -1.97. The van der Waals surface area contributed by atoms with Crippen LogP contribution in [0.1, 0.15) is 0 Å². The van der Waals surface area contributed by atoms with Crippen molar-refractivity contribution in [2.75, 3.05) is 0 Å². The minimum atomic E-state index is 0.703. The summed E-state index contributed by atoms with van der Waals surface area (Å²) < 4.78 is 6.34. The molecule has 0 atom stereocenters. The number of nitrogens with zero attached hydrogens (tertiary/aromatic N) is 2. The van der Waals surface area contributed by atoms with Gasteiger partial charge in [0.1, 0.15) is 11.5 Å². The Labute approximate surface area is 296 Å². The van der Waals surface area contributed by atoms with Crippen molar-refractivity contribution in [1.29, 1.82) is 0 Å². The highest BCUT2D eigenvalue weighted by Gasteiger charge is 2.20. The van der Waals surface area contributed by atoms with Crippen LogP contribution in [0, 0.1) is 0 Å². The predicted molar refractivity (Wildman–Crippen MR) is 210 cm³/mol. The first-order valence-corrected chi connectivity index (χ1v) is 17.2. The molecule has 0 fully saturated rings. The Morgan fingerprint density at radius 1 is 0.333 bits per heavy atom. The van der Waals surface area contributed by atoms with E-state index in [-0.39, 0.29) is 0 Å². The topological polar surface area (TPSA) is 35.0 Å². The van der Waals surface area contributed by atoms with Crippen LogP contribution in [0.2, 0.25) is 0 Å². The Bertz CT molecular complexity index is 2740. The van der Waals surface area contributed by atoms with E-state index in [1.54, 1.807) is 0 Å². The minimum absolute atomic E-state index is 0.703. The van der Waals surface area contributed by atoms with Gasteiger partial charge >= 0.3 is 0 Å². The Morgan fingerprint density at radius 2 is 0.922 bits per heavy atom. The Balaban J connectivity index is 1.01. The van der Waals surface area contributed by atoms with Crippen LogP contribution in [-0.4, -0.2) is 9.97 Å². The molecule has 0 spiro atoms. The molecule has 10 rings (SSSR count). The highest BCUT2D eigenvalue weighted by molar-refractivity contribution is 6.04. The van der Waals surface area contributed by atoms with Gasteiger partial charge in [0.25, 0.3) is 0 Å². The molecule has 0 bridgehead atoms. The van der Waals surface area contributed by atoms with Crippen molar-refractivity contribution in [3.05, 3.63) is 182 Å². The maximum atomic E-state index is 6.34. The summed E-state index contributed by atoms with van der Waals surface area (Å²) in [5.41, 5.74) is 11.8. The first-order valence-electron chi connectivity index (χ1n) is 17.2. The summed E-state index contributed by atoms with van der Waals surface area (Å²) in [5.74, 6) is 2.50. The zero-order chi connectivity index (χ0) is 33.7. The van der Waals surface area contributed by atoms with Crippen LogP contribution in [0.5, 0.6) is 11.5 Å². The standard InChI is InChI=1S/C48H30N2O/c1-2-10-37(11-3-1)48-49-43(30-44(50-48)35-25-21-33(22-26-35)40-16-6-12-32-9-4-5-15-39(32)40)34-23-19-31(20-24-34)38-27-28-45-42(29-38)41-17-7-13-36-14-8-18-46(51-45)47(36)41/h1-30H. The molecule has 3 heteroatoms. The van der Waals surface area contributed by atoms with E-state index in [0.717, 1.165) is 61.7 Å². The average molecular weight is 651 g/mol. The highest BCUT2D eigenvalue weighted by atomic mass is 16.5. The molecule has 1 aliphatic rings. The normalized spacial score (nSPS) is 11.7. The number of rotatable bonds is 5. The van der Waals surface area contributed by atoms with Gasteiger partial charge in [-0.2, -0.15) is 0 Å². The fourth-order valence-electron chi connectivity index (χ4n) is 7.33. The van der Waals surface area contributed by atoms with E-state index in [1.807, 2.05) is 24.3 Å². The molecule has 0 N–H and O–H groups in total. The molecular formula is C48H30N2O. The summed E-state index contributed by atoms with van der Waals surface area (Å²) in [7, 11) is 0. The van der Waals surface area contributed by atoms with Gasteiger partial charge in [0.2, 0.25) is 0 Å². The van der Waals surface area contributed by atoms with Crippen LogP contribution in [0.25, 0.3) is 88.8 Å². The molecule has 0 amide bonds. The number of aromatic nitrogens is 2. The lowest BCUT2D eigenvalue weighted by Gasteiger charge is -2.22. The number of hydrogen-bond donors (Lipinski definition) is 0. The second-order valence-corrected chi connectivity index (χ2v) is 13.0. The monoisotopic (exact) mass is 650 g/mol. The molecule has 0 aliphatic carbocycles. The molecular weight excluding hydrogens is 621 g/mol. The minimum Gasteiger partial charge on any atom is -0.456 e. The van der Waals surface area contributed by atoms with Gasteiger partial charge in [0.05, 0.1) is 11.4 Å². The maximum absolute atomic E-state index is 6.34. The Hall–Kier alpha value is -6.84. The van der Waals surface area contributed by atoms with Crippen molar-refractivity contribution in [3.63, 3.8) is 0 Å². The van der Waals surface area contributed by atoms with Crippen molar-refractivity contribution in [1.82, 2.24) is 9.97 Å². The Kier molecular flexibility index (Phi) is 6.81. The molecule has 8 aromatic carbocycles. The summed E-state index contributed by atoms with van der Waals surface area (Å²) in [6, 6.07) is 63.9. The molecule has 238 valence electrons. The van der Waals surface area contributed by atoms with Crippen molar-refractivity contribution >= 4 is 21.5 Å². The molecule has 0 radical (unpaired) electrons. The van der Waals surface area contributed by atoms with Gasteiger partial charge in [-0.1, -0.05) is 158 Å². The van der Waals surface area contributed by atoms with E-state index >= 15 is 0 Å². The van der Waals surface area contributed by atoms with E-state index in [9.17, 15) is 0 Å². The van der Waals surface area contributed by atoms with Gasteiger partial charge < -0.3 is 4.74 Å². The lowest BCUT2D eigenvalue weighted by atomic mass is 9.92. The average Bonchev–Trinajstić information content (AvgIpc) is 3.21. The lowest BCUT2D eigenvalue weighted by molar-refractivity contribution is 0.487. The number of ether oxygens (including phenoxy) is 1. The van der Waals surface area contributed by atoms with Gasteiger partial charge in [-0.3, -0.25) is 0 Å². The van der Waals surface area contributed by atoms with Crippen molar-refractivity contribution in [3.8, 4) is 78.8 Å². The van der Waals surface area contributed by atoms with Gasteiger partial charge in [-0.05, 0) is 68.2 Å². The molecule has 9 aromatic rings. The van der Waals surface area contributed by atoms with E-state index in [4.69, 9.17) is 14.7 Å². The molecule has 1 aromatic heterocycles. The van der Waals surface area contributed by atoms with Crippen LogP contribution in [0.3, 0.4) is 0 Å². The SMILES string of the molecule is c1ccc(-c2nc(-c3ccc(-c4ccc5c(c4)-c4cccc6cccc(c46)O5)cc3)cc(-c3ccc(-c4cccc5ccccc45)cc3)n2)cc1.